The fourth-order valence-electron chi connectivity index (χ4n) is 1.79. The van der Waals surface area contributed by atoms with E-state index in [9.17, 15) is 19.5 Å². The van der Waals surface area contributed by atoms with Crippen LogP contribution < -0.4 is 10.4 Å². The summed E-state index contributed by atoms with van der Waals surface area (Å²) in [4.78, 5) is 33.6. The van der Waals surface area contributed by atoms with Crippen molar-refractivity contribution in [1.29, 1.82) is 0 Å². The number of carboxylic acids is 1. The van der Waals surface area contributed by atoms with E-state index in [1.54, 1.807) is 38.1 Å². The van der Waals surface area contributed by atoms with Gasteiger partial charge in [-0.25, -0.2) is 4.79 Å². The number of hydrogen-bond donors (Lipinski definition) is 1. The maximum atomic E-state index is 11.7. The summed E-state index contributed by atoms with van der Waals surface area (Å²) in [5, 5.41) is 13.1. The molecule has 114 valence electrons. The maximum Gasteiger partial charge on any atom is 0.338 e. The molecule has 6 nitrogen and oxygen atoms in total. The number of anilines is 1. The molecule has 6 heteroatoms. The number of rotatable bonds is 7. The Labute approximate surface area is 123 Å². The molecule has 0 fully saturated rings. The molecule has 0 saturated heterocycles. The van der Waals surface area contributed by atoms with Crippen molar-refractivity contribution in [2.45, 2.75) is 26.7 Å². The molecule has 1 amide bonds. The Hall–Kier alpha value is -2.37. The molecule has 0 aliphatic carbocycles. The minimum Gasteiger partial charge on any atom is -0.550 e. The van der Waals surface area contributed by atoms with Crippen LogP contribution in [0.1, 0.15) is 37.0 Å². The summed E-state index contributed by atoms with van der Waals surface area (Å²) in [5.74, 6) is -2.17. The highest BCUT2D eigenvalue weighted by atomic mass is 16.5. The summed E-state index contributed by atoms with van der Waals surface area (Å²) >= 11 is 0. The Morgan fingerprint density at radius 1 is 1.19 bits per heavy atom. The van der Waals surface area contributed by atoms with E-state index in [2.05, 4.69) is 5.32 Å². The van der Waals surface area contributed by atoms with Crippen molar-refractivity contribution in [3.63, 3.8) is 0 Å². The van der Waals surface area contributed by atoms with Crippen molar-refractivity contribution in [2.24, 2.45) is 5.92 Å². The summed E-state index contributed by atoms with van der Waals surface area (Å²) in [6, 6.07) is 6.29. The van der Waals surface area contributed by atoms with Crippen molar-refractivity contribution in [2.75, 3.05) is 11.9 Å². The Morgan fingerprint density at radius 3 is 2.33 bits per heavy atom. The lowest BCUT2D eigenvalue weighted by Gasteiger charge is -2.12. The molecule has 0 unspecified atom stereocenters. The fraction of sp³-hybridized carbons (Fsp3) is 0.400. The minimum atomic E-state index is -1.17. The first kappa shape index (κ1) is 16.7. The third-order valence-electron chi connectivity index (χ3n) is 2.73. The standard InChI is InChI=1S/C15H19NO5/c1-3-21-15(20)11-4-6-12(7-5-11)16-13(17)8-10(2)9-14(18)19/h4-7,10H,3,8-9H2,1-2H3,(H,16,17)(H,18,19)/p-1/t10-/m0/s1. The predicted octanol–water partition coefficient (Wildman–Crippen LogP) is 0.968. The smallest absolute Gasteiger partial charge is 0.338 e. The van der Waals surface area contributed by atoms with Crippen molar-refractivity contribution in [1.82, 2.24) is 0 Å². The highest BCUT2D eigenvalue weighted by molar-refractivity contribution is 5.93. The molecule has 0 saturated carbocycles. The normalized spacial score (nSPS) is 11.5. The van der Waals surface area contributed by atoms with Gasteiger partial charge in [0.1, 0.15) is 0 Å². The van der Waals surface area contributed by atoms with Crippen molar-refractivity contribution < 1.29 is 24.2 Å². The zero-order valence-electron chi connectivity index (χ0n) is 12.0. The first-order valence-corrected chi connectivity index (χ1v) is 6.69. The number of carbonyl (C=O) groups is 3. The summed E-state index contributed by atoms with van der Waals surface area (Å²) < 4.78 is 4.85. The van der Waals surface area contributed by atoms with Crippen LogP contribution in [0.3, 0.4) is 0 Å². The van der Waals surface area contributed by atoms with E-state index in [1.807, 2.05) is 0 Å². The molecular formula is C15H18NO5-. The van der Waals surface area contributed by atoms with Gasteiger partial charge in [-0.2, -0.15) is 0 Å². The van der Waals surface area contributed by atoms with Crippen LogP contribution in [-0.2, 0) is 14.3 Å². The number of carbonyl (C=O) groups excluding carboxylic acids is 3. The molecule has 0 bridgehead atoms. The van der Waals surface area contributed by atoms with E-state index in [4.69, 9.17) is 4.74 Å². The van der Waals surface area contributed by atoms with E-state index in [0.29, 0.717) is 17.9 Å². The molecule has 0 aromatic heterocycles. The Morgan fingerprint density at radius 2 is 1.81 bits per heavy atom. The number of nitrogens with one attached hydrogen (secondary N) is 1. The molecule has 1 N–H and O–H groups in total. The molecule has 1 aromatic carbocycles. The van der Waals surface area contributed by atoms with Crippen LogP contribution in [-0.4, -0.2) is 24.5 Å². The van der Waals surface area contributed by atoms with Crippen LogP contribution in [0.4, 0.5) is 5.69 Å². The lowest BCUT2D eigenvalue weighted by molar-refractivity contribution is -0.306. The average molecular weight is 292 g/mol. The second-order valence-electron chi connectivity index (χ2n) is 4.73. The van der Waals surface area contributed by atoms with Gasteiger partial charge in [0.25, 0.3) is 0 Å². The van der Waals surface area contributed by atoms with E-state index in [-0.39, 0.29) is 24.7 Å². The molecule has 0 radical (unpaired) electrons. The number of ether oxygens (including phenoxy) is 1. The van der Waals surface area contributed by atoms with E-state index >= 15 is 0 Å². The quantitative estimate of drug-likeness (QED) is 0.755. The average Bonchev–Trinajstić information content (AvgIpc) is 2.38. The van der Waals surface area contributed by atoms with E-state index < -0.39 is 11.9 Å². The van der Waals surface area contributed by atoms with Gasteiger partial charge in [-0.05, 0) is 43.5 Å². The fourth-order valence-corrected chi connectivity index (χ4v) is 1.79. The van der Waals surface area contributed by atoms with Crippen LogP contribution in [0, 0.1) is 5.92 Å². The third-order valence-corrected chi connectivity index (χ3v) is 2.73. The molecule has 1 rings (SSSR count). The second-order valence-corrected chi connectivity index (χ2v) is 4.73. The molecule has 0 heterocycles. The number of amides is 1. The first-order valence-electron chi connectivity index (χ1n) is 6.69. The lowest BCUT2D eigenvalue weighted by Crippen LogP contribution is -2.26. The Balaban J connectivity index is 2.53. The van der Waals surface area contributed by atoms with Gasteiger partial charge < -0.3 is 20.0 Å². The molecule has 1 aromatic rings. The topological polar surface area (TPSA) is 95.5 Å². The van der Waals surface area contributed by atoms with Gasteiger partial charge >= 0.3 is 5.97 Å². The SMILES string of the molecule is CCOC(=O)c1ccc(NC(=O)C[C@H](C)CC(=O)[O-])cc1. The maximum absolute atomic E-state index is 11.7. The highest BCUT2D eigenvalue weighted by Gasteiger charge is 2.10. The largest absolute Gasteiger partial charge is 0.550 e. The number of benzene rings is 1. The van der Waals surface area contributed by atoms with Crippen LogP contribution in [0.2, 0.25) is 0 Å². The molecule has 0 aliphatic heterocycles. The Kier molecular flexibility index (Phi) is 6.39. The van der Waals surface area contributed by atoms with Crippen LogP contribution in [0.5, 0.6) is 0 Å². The van der Waals surface area contributed by atoms with Gasteiger partial charge in [0, 0.05) is 18.1 Å². The monoisotopic (exact) mass is 292 g/mol. The number of aliphatic carboxylic acids is 1. The molecule has 1 atom stereocenters. The van der Waals surface area contributed by atoms with Gasteiger partial charge in [-0.3, -0.25) is 4.79 Å². The second kappa shape index (κ2) is 8.04. The first-order chi connectivity index (χ1) is 9.92. The van der Waals surface area contributed by atoms with Gasteiger partial charge in [0.2, 0.25) is 5.91 Å². The molecule has 0 spiro atoms. The van der Waals surface area contributed by atoms with Crippen molar-refractivity contribution in [3.05, 3.63) is 29.8 Å². The van der Waals surface area contributed by atoms with Crippen LogP contribution in [0.15, 0.2) is 24.3 Å². The van der Waals surface area contributed by atoms with Crippen LogP contribution >= 0.6 is 0 Å². The molecular weight excluding hydrogens is 274 g/mol. The van der Waals surface area contributed by atoms with Gasteiger partial charge in [0.15, 0.2) is 0 Å². The predicted molar refractivity (Wildman–Crippen MR) is 74.4 cm³/mol. The van der Waals surface area contributed by atoms with Crippen molar-refractivity contribution in [3.8, 4) is 0 Å². The molecule has 0 aliphatic rings. The van der Waals surface area contributed by atoms with E-state index in [0.717, 1.165) is 0 Å². The number of hydrogen-bond acceptors (Lipinski definition) is 5. The summed E-state index contributed by atoms with van der Waals surface area (Å²) in [5.41, 5.74) is 0.939. The van der Waals surface area contributed by atoms with E-state index in [1.165, 1.54) is 0 Å². The number of carboxylic acid groups (broad SMARTS) is 1. The minimum absolute atomic E-state index is 0.0909. The van der Waals surface area contributed by atoms with Crippen LogP contribution in [0.25, 0.3) is 0 Å². The third kappa shape index (κ3) is 6.07. The summed E-state index contributed by atoms with van der Waals surface area (Å²) in [6.45, 7) is 3.69. The summed E-state index contributed by atoms with van der Waals surface area (Å²) in [6.07, 6.45) is -0.0666. The van der Waals surface area contributed by atoms with Gasteiger partial charge in [-0.1, -0.05) is 6.92 Å². The zero-order valence-corrected chi connectivity index (χ0v) is 12.0. The lowest BCUT2D eigenvalue weighted by atomic mass is 10.0. The Bertz CT molecular complexity index is 509. The molecule has 21 heavy (non-hydrogen) atoms. The highest BCUT2D eigenvalue weighted by Crippen LogP contribution is 2.13. The zero-order chi connectivity index (χ0) is 15.8. The summed E-state index contributed by atoms with van der Waals surface area (Å²) in [7, 11) is 0. The number of esters is 1. The van der Waals surface area contributed by atoms with Crippen molar-refractivity contribution >= 4 is 23.5 Å². The van der Waals surface area contributed by atoms with Gasteiger partial charge in [0.05, 0.1) is 12.2 Å². The van der Waals surface area contributed by atoms with Gasteiger partial charge in [-0.15, -0.1) is 0 Å².